The van der Waals surface area contributed by atoms with Crippen molar-refractivity contribution in [3.05, 3.63) is 16.1 Å². The van der Waals surface area contributed by atoms with Crippen molar-refractivity contribution in [1.82, 2.24) is 10.3 Å². The van der Waals surface area contributed by atoms with Gasteiger partial charge < -0.3 is 5.32 Å². The van der Waals surface area contributed by atoms with Crippen LogP contribution >= 0.6 is 11.3 Å². The Morgan fingerprint density at radius 2 is 2.31 bits per heavy atom. The maximum absolute atomic E-state index is 8.66. The third-order valence-electron chi connectivity index (χ3n) is 2.32. The van der Waals surface area contributed by atoms with Crippen LogP contribution in [0.4, 0.5) is 0 Å². The third-order valence-corrected chi connectivity index (χ3v) is 3.39. The third kappa shape index (κ3) is 1.87. The van der Waals surface area contributed by atoms with Crippen LogP contribution in [0.2, 0.25) is 0 Å². The van der Waals surface area contributed by atoms with Crippen molar-refractivity contribution in [1.29, 1.82) is 5.26 Å². The van der Waals surface area contributed by atoms with E-state index in [1.54, 1.807) is 6.20 Å². The Balaban J connectivity index is 2.11. The number of nitriles is 1. The van der Waals surface area contributed by atoms with E-state index in [1.807, 2.05) is 0 Å². The minimum Gasteiger partial charge on any atom is -0.317 e. The molecule has 2 rings (SSSR count). The van der Waals surface area contributed by atoms with Crippen molar-refractivity contribution in [2.45, 2.75) is 18.8 Å². The first-order valence-corrected chi connectivity index (χ1v) is 5.28. The summed E-state index contributed by atoms with van der Waals surface area (Å²) in [5.74, 6) is 0.577. The molecule has 3 nitrogen and oxygen atoms in total. The van der Waals surface area contributed by atoms with Gasteiger partial charge in [0.25, 0.3) is 0 Å². The van der Waals surface area contributed by atoms with Gasteiger partial charge in [-0.05, 0) is 25.9 Å². The van der Waals surface area contributed by atoms with Crippen LogP contribution < -0.4 is 5.32 Å². The van der Waals surface area contributed by atoms with Crippen molar-refractivity contribution >= 4 is 11.3 Å². The Morgan fingerprint density at radius 3 is 2.92 bits per heavy atom. The summed E-state index contributed by atoms with van der Waals surface area (Å²) < 4.78 is 0. The molecule has 0 aliphatic carbocycles. The zero-order valence-electron chi connectivity index (χ0n) is 7.29. The van der Waals surface area contributed by atoms with Crippen LogP contribution in [0.15, 0.2) is 6.20 Å². The second-order valence-corrected chi connectivity index (χ2v) is 4.26. The number of nitrogens with one attached hydrogen (secondary N) is 1. The average molecular weight is 193 g/mol. The number of rotatable bonds is 1. The van der Waals surface area contributed by atoms with Crippen LogP contribution in [0.1, 0.15) is 28.6 Å². The lowest BCUT2D eigenvalue weighted by Crippen LogP contribution is -2.26. The van der Waals surface area contributed by atoms with Gasteiger partial charge in [-0.15, -0.1) is 11.3 Å². The fourth-order valence-electron chi connectivity index (χ4n) is 1.60. The van der Waals surface area contributed by atoms with Gasteiger partial charge >= 0.3 is 0 Å². The lowest BCUT2D eigenvalue weighted by molar-refractivity contribution is 0.459. The summed E-state index contributed by atoms with van der Waals surface area (Å²) in [4.78, 5) is 5.01. The van der Waals surface area contributed by atoms with E-state index in [-0.39, 0.29) is 0 Å². The minimum absolute atomic E-state index is 0.577. The monoisotopic (exact) mass is 193 g/mol. The molecular formula is C9H11N3S. The van der Waals surface area contributed by atoms with E-state index in [2.05, 4.69) is 16.4 Å². The SMILES string of the molecule is N#Cc1cnc(C2CCNCC2)s1. The van der Waals surface area contributed by atoms with Crippen molar-refractivity contribution in [3.63, 3.8) is 0 Å². The van der Waals surface area contributed by atoms with Crippen LogP contribution in [0.3, 0.4) is 0 Å². The molecule has 1 aromatic rings. The largest absolute Gasteiger partial charge is 0.317 e. The Morgan fingerprint density at radius 1 is 1.54 bits per heavy atom. The molecule has 68 valence electrons. The molecule has 0 bridgehead atoms. The summed E-state index contributed by atoms with van der Waals surface area (Å²) in [5, 5.41) is 13.1. The Labute approximate surface area is 81.4 Å². The van der Waals surface area contributed by atoms with Crippen molar-refractivity contribution in [3.8, 4) is 6.07 Å². The van der Waals surface area contributed by atoms with Crippen LogP contribution in [-0.4, -0.2) is 18.1 Å². The molecule has 0 radical (unpaired) electrons. The molecule has 1 saturated heterocycles. The maximum Gasteiger partial charge on any atom is 0.124 e. The van der Waals surface area contributed by atoms with E-state index in [1.165, 1.54) is 11.3 Å². The molecule has 1 aromatic heterocycles. The lowest BCUT2D eigenvalue weighted by Gasteiger charge is -2.20. The molecule has 0 spiro atoms. The molecule has 0 aromatic carbocycles. The van der Waals surface area contributed by atoms with Crippen LogP contribution in [-0.2, 0) is 0 Å². The van der Waals surface area contributed by atoms with Crippen molar-refractivity contribution in [2.24, 2.45) is 0 Å². The van der Waals surface area contributed by atoms with E-state index < -0.39 is 0 Å². The Kier molecular flexibility index (Phi) is 2.57. The number of nitrogens with zero attached hydrogens (tertiary/aromatic N) is 2. The van der Waals surface area contributed by atoms with Crippen LogP contribution in [0.25, 0.3) is 0 Å². The van der Waals surface area contributed by atoms with Gasteiger partial charge in [-0.2, -0.15) is 5.26 Å². The lowest BCUT2D eigenvalue weighted by atomic mass is 9.99. The molecule has 1 N–H and O–H groups in total. The topological polar surface area (TPSA) is 48.7 Å². The second kappa shape index (κ2) is 3.86. The number of aromatic nitrogens is 1. The minimum atomic E-state index is 0.577. The van der Waals surface area contributed by atoms with Gasteiger partial charge in [0, 0.05) is 5.92 Å². The number of hydrogen-bond donors (Lipinski definition) is 1. The summed E-state index contributed by atoms with van der Waals surface area (Å²) in [6, 6.07) is 2.13. The first-order chi connectivity index (χ1) is 6.40. The molecule has 0 amide bonds. The highest BCUT2D eigenvalue weighted by Crippen LogP contribution is 2.28. The molecule has 0 atom stereocenters. The standard InChI is InChI=1S/C9H11N3S/c10-5-8-6-12-9(13-8)7-1-3-11-4-2-7/h6-7,11H,1-4H2. The maximum atomic E-state index is 8.66. The van der Waals surface area contributed by atoms with E-state index >= 15 is 0 Å². The Hall–Kier alpha value is -0.920. The van der Waals surface area contributed by atoms with Crippen molar-refractivity contribution in [2.75, 3.05) is 13.1 Å². The summed E-state index contributed by atoms with van der Waals surface area (Å²) in [5.41, 5.74) is 0. The van der Waals surface area contributed by atoms with E-state index in [9.17, 15) is 0 Å². The first-order valence-electron chi connectivity index (χ1n) is 4.46. The first kappa shape index (κ1) is 8.67. The molecular weight excluding hydrogens is 182 g/mol. The molecule has 2 heterocycles. The Bertz CT molecular complexity index is 320. The van der Waals surface area contributed by atoms with Gasteiger partial charge in [0.2, 0.25) is 0 Å². The molecule has 1 aliphatic heterocycles. The molecule has 1 fully saturated rings. The second-order valence-electron chi connectivity index (χ2n) is 3.20. The number of hydrogen-bond acceptors (Lipinski definition) is 4. The van der Waals surface area contributed by atoms with Gasteiger partial charge in [0.15, 0.2) is 0 Å². The van der Waals surface area contributed by atoms with E-state index in [0.717, 1.165) is 35.8 Å². The number of piperidine rings is 1. The van der Waals surface area contributed by atoms with Gasteiger partial charge in [0.1, 0.15) is 10.9 Å². The quantitative estimate of drug-likeness (QED) is 0.735. The summed E-state index contributed by atoms with van der Waals surface area (Å²) in [6.07, 6.45) is 3.98. The van der Waals surface area contributed by atoms with Gasteiger partial charge in [-0.25, -0.2) is 4.98 Å². The zero-order chi connectivity index (χ0) is 9.10. The van der Waals surface area contributed by atoms with E-state index in [0.29, 0.717) is 5.92 Å². The molecule has 13 heavy (non-hydrogen) atoms. The molecule has 1 aliphatic rings. The van der Waals surface area contributed by atoms with Gasteiger partial charge in [-0.1, -0.05) is 0 Å². The summed E-state index contributed by atoms with van der Waals surface area (Å²) in [6.45, 7) is 2.15. The summed E-state index contributed by atoms with van der Waals surface area (Å²) in [7, 11) is 0. The van der Waals surface area contributed by atoms with Crippen molar-refractivity contribution < 1.29 is 0 Å². The van der Waals surface area contributed by atoms with Gasteiger partial charge in [-0.3, -0.25) is 0 Å². The fraction of sp³-hybridized carbons (Fsp3) is 0.556. The molecule has 4 heteroatoms. The highest BCUT2D eigenvalue weighted by molar-refractivity contribution is 7.12. The predicted octanol–water partition coefficient (Wildman–Crippen LogP) is 1.48. The average Bonchev–Trinajstić information content (AvgIpc) is 2.67. The highest BCUT2D eigenvalue weighted by atomic mass is 32.1. The van der Waals surface area contributed by atoms with Gasteiger partial charge in [0.05, 0.1) is 11.2 Å². The fourth-order valence-corrected chi connectivity index (χ4v) is 2.48. The normalized spacial score (nSPS) is 18.4. The summed E-state index contributed by atoms with van der Waals surface area (Å²) >= 11 is 1.54. The zero-order valence-corrected chi connectivity index (χ0v) is 8.10. The molecule has 0 unspecified atom stereocenters. The predicted molar refractivity (Wildman–Crippen MR) is 51.7 cm³/mol. The van der Waals surface area contributed by atoms with Crippen LogP contribution in [0, 0.1) is 11.3 Å². The molecule has 0 saturated carbocycles. The smallest absolute Gasteiger partial charge is 0.124 e. The van der Waals surface area contributed by atoms with Crippen LogP contribution in [0.5, 0.6) is 0 Å². The van der Waals surface area contributed by atoms with E-state index in [4.69, 9.17) is 5.26 Å². The number of thiazole rings is 1. The highest BCUT2D eigenvalue weighted by Gasteiger charge is 2.18.